The first-order valence-electron chi connectivity index (χ1n) is 7.98. The Kier molecular flexibility index (Phi) is 6.24. The number of methoxy groups -OCH3 is 1. The molecule has 1 aliphatic carbocycles. The van der Waals surface area contributed by atoms with Crippen molar-refractivity contribution < 1.29 is 14.3 Å². The van der Waals surface area contributed by atoms with Gasteiger partial charge in [-0.25, -0.2) is 0 Å². The molecule has 0 aromatic heterocycles. The highest BCUT2D eigenvalue weighted by Gasteiger charge is 2.21. The van der Waals surface area contributed by atoms with Gasteiger partial charge in [0.25, 0.3) is 0 Å². The first-order valence-corrected chi connectivity index (χ1v) is 7.98. The van der Waals surface area contributed by atoms with Crippen molar-refractivity contribution in [3.8, 4) is 0 Å². The zero-order chi connectivity index (χ0) is 15.1. The molecule has 2 atom stereocenters. The average molecular weight is 290 g/mol. The molecule has 1 aromatic carbocycles. The number of hydrogen-bond acceptors (Lipinski definition) is 3. The Bertz CT molecular complexity index is 456. The van der Waals surface area contributed by atoms with Crippen molar-refractivity contribution in [2.45, 2.75) is 58.2 Å². The van der Waals surface area contributed by atoms with Gasteiger partial charge in [-0.2, -0.15) is 0 Å². The molecule has 2 unspecified atom stereocenters. The van der Waals surface area contributed by atoms with Crippen molar-refractivity contribution in [3.05, 3.63) is 35.4 Å². The molecule has 3 nitrogen and oxygen atoms in total. The molecule has 0 bridgehead atoms. The minimum atomic E-state index is -0.203. The predicted molar refractivity (Wildman–Crippen MR) is 83.0 cm³/mol. The summed E-state index contributed by atoms with van der Waals surface area (Å²) in [6, 6.07) is 7.97. The van der Waals surface area contributed by atoms with E-state index in [1.807, 2.05) is 24.3 Å². The lowest BCUT2D eigenvalue weighted by Gasteiger charge is -2.28. The van der Waals surface area contributed by atoms with Gasteiger partial charge in [0, 0.05) is 0 Å². The molecule has 0 heterocycles. The average Bonchev–Trinajstić information content (AvgIpc) is 2.54. The van der Waals surface area contributed by atoms with Crippen molar-refractivity contribution >= 4 is 5.97 Å². The van der Waals surface area contributed by atoms with E-state index in [9.17, 15) is 4.79 Å². The second-order valence-electron chi connectivity index (χ2n) is 5.90. The van der Waals surface area contributed by atoms with Crippen LogP contribution >= 0.6 is 0 Å². The summed E-state index contributed by atoms with van der Waals surface area (Å²) in [5.41, 5.74) is 2.11. The third-order valence-electron chi connectivity index (χ3n) is 4.47. The summed E-state index contributed by atoms with van der Waals surface area (Å²) in [6.07, 6.45) is 6.89. The fourth-order valence-electron chi connectivity index (χ4n) is 3.07. The lowest BCUT2D eigenvalue weighted by atomic mass is 9.85. The fourth-order valence-corrected chi connectivity index (χ4v) is 3.07. The third kappa shape index (κ3) is 4.85. The normalized spacial score (nSPS) is 22.0. The molecular formula is C18H26O3. The van der Waals surface area contributed by atoms with Crippen LogP contribution in [0, 0.1) is 5.92 Å². The van der Waals surface area contributed by atoms with Crippen LogP contribution in [0.2, 0.25) is 0 Å². The van der Waals surface area contributed by atoms with Crippen LogP contribution in [0.4, 0.5) is 0 Å². The van der Waals surface area contributed by atoms with E-state index in [0.29, 0.717) is 19.1 Å². The van der Waals surface area contributed by atoms with Gasteiger partial charge in [-0.15, -0.1) is 0 Å². The van der Waals surface area contributed by atoms with E-state index in [0.717, 1.165) is 23.5 Å². The van der Waals surface area contributed by atoms with Crippen molar-refractivity contribution in [3.63, 3.8) is 0 Å². The highest BCUT2D eigenvalue weighted by Crippen LogP contribution is 2.29. The lowest BCUT2D eigenvalue weighted by Crippen LogP contribution is -2.22. The van der Waals surface area contributed by atoms with E-state index in [1.165, 1.54) is 32.8 Å². The van der Waals surface area contributed by atoms with Crippen LogP contribution in [0.1, 0.15) is 50.2 Å². The molecule has 1 fully saturated rings. The van der Waals surface area contributed by atoms with Crippen molar-refractivity contribution in [1.29, 1.82) is 0 Å². The Hall–Kier alpha value is -1.35. The molecule has 0 radical (unpaired) electrons. The summed E-state index contributed by atoms with van der Waals surface area (Å²) in [6.45, 7) is 2.85. The minimum Gasteiger partial charge on any atom is -0.469 e. The molecule has 0 N–H and O–H groups in total. The maximum absolute atomic E-state index is 11.5. The van der Waals surface area contributed by atoms with Gasteiger partial charge in [0.05, 0.1) is 26.2 Å². The largest absolute Gasteiger partial charge is 0.469 e. The molecule has 21 heavy (non-hydrogen) atoms. The maximum Gasteiger partial charge on any atom is 0.309 e. The van der Waals surface area contributed by atoms with Crippen LogP contribution < -0.4 is 0 Å². The molecule has 0 aliphatic heterocycles. The van der Waals surface area contributed by atoms with Gasteiger partial charge in [-0.3, -0.25) is 4.79 Å². The summed E-state index contributed by atoms with van der Waals surface area (Å²) >= 11 is 0. The Balaban J connectivity index is 1.92. The van der Waals surface area contributed by atoms with Gasteiger partial charge >= 0.3 is 5.97 Å². The van der Waals surface area contributed by atoms with Gasteiger partial charge in [-0.05, 0) is 29.9 Å². The van der Waals surface area contributed by atoms with Crippen molar-refractivity contribution in [2.75, 3.05) is 7.11 Å². The monoisotopic (exact) mass is 290 g/mol. The Labute approximate surface area is 127 Å². The van der Waals surface area contributed by atoms with Crippen molar-refractivity contribution in [2.24, 2.45) is 5.92 Å². The molecule has 0 spiro atoms. The van der Waals surface area contributed by atoms with Crippen LogP contribution in [0.5, 0.6) is 0 Å². The van der Waals surface area contributed by atoms with Crippen molar-refractivity contribution in [1.82, 2.24) is 0 Å². The number of esters is 1. The number of carbonyl (C=O) groups is 1. The van der Waals surface area contributed by atoms with Gasteiger partial charge in [0.1, 0.15) is 0 Å². The first kappa shape index (κ1) is 16.0. The second kappa shape index (κ2) is 8.18. The molecule has 1 aliphatic rings. The molecule has 116 valence electrons. The highest BCUT2D eigenvalue weighted by molar-refractivity contribution is 5.72. The molecular weight excluding hydrogens is 264 g/mol. The zero-order valence-corrected chi connectivity index (χ0v) is 13.1. The minimum absolute atomic E-state index is 0.203. The summed E-state index contributed by atoms with van der Waals surface area (Å²) in [7, 11) is 1.42. The number of benzene rings is 1. The molecule has 3 heteroatoms. The molecule has 2 rings (SSSR count). The van der Waals surface area contributed by atoms with Gasteiger partial charge < -0.3 is 9.47 Å². The van der Waals surface area contributed by atoms with E-state index in [2.05, 4.69) is 6.92 Å². The van der Waals surface area contributed by atoms with Gasteiger partial charge in [-0.1, -0.05) is 50.5 Å². The van der Waals surface area contributed by atoms with Gasteiger partial charge in [0.15, 0.2) is 0 Å². The highest BCUT2D eigenvalue weighted by atomic mass is 16.5. The fraction of sp³-hybridized carbons (Fsp3) is 0.611. The summed E-state index contributed by atoms with van der Waals surface area (Å²) in [5.74, 6) is 0.611. The molecule has 1 saturated carbocycles. The van der Waals surface area contributed by atoms with E-state index < -0.39 is 0 Å². The van der Waals surface area contributed by atoms with Crippen LogP contribution in [0.3, 0.4) is 0 Å². The van der Waals surface area contributed by atoms with Crippen LogP contribution in [0.15, 0.2) is 24.3 Å². The maximum atomic E-state index is 11.5. The van der Waals surface area contributed by atoms with Gasteiger partial charge in [0.2, 0.25) is 0 Å². The Morgan fingerprint density at radius 1 is 1.24 bits per heavy atom. The van der Waals surface area contributed by atoms with E-state index in [4.69, 9.17) is 9.47 Å². The topological polar surface area (TPSA) is 35.5 Å². The molecule has 0 amide bonds. The predicted octanol–water partition coefficient (Wildman–Crippen LogP) is 3.89. The van der Waals surface area contributed by atoms with E-state index >= 15 is 0 Å². The molecule has 0 saturated heterocycles. The zero-order valence-electron chi connectivity index (χ0n) is 13.1. The lowest BCUT2D eigenvalue weighted by molar-refractivity contribution is -0.139. The number of ether oxygens (including phenoxy) is 2. The quantitative estimate of drug-likeness (QED) is 0.746. The summed E-state index contributed by atoms with van der Waals surface area (Å²) < 4.78 is 10.9. The standard InChI is InChI=1S/C18H26O3/c1-3-14-7-6-10-17(11-14)21-13-16-9-5-4-8-15(16)12-18(19)20-2/h4-5,8-9,14,17H,3,6-7,10-13H2,1-2H3. The second-order valence-corrected chi connectivity index (χ2v) is 5.90. The van der Waals surface area contributed by atoms with Crippen LogP contribution in [-0.2, 0) is 27.3 Å². The SMILES string of the molecule is CCC1CCCC(OCc2ccccc2CC(=O)OC)C1. The molecule has 1 aromatic rings. The number of carbonyl (C=O) groups excluding carboxylic acids is 1. The Morgan fingerprint density at radius 3 is 2.71 bits per heavy atom. The first-order chi connectivity index (χ1) is 10.2. The van der Waals surface area contributed by atoms with E-state index in [-0.39, 0.29) is 5.97 Å². The van der Waals surface area contributed by atoms with Crippen LogP contribution in [0.25, 0.3) is 0 Å². The summed E-state index contributed by atoms with van der Waals surface area (Å²) in [5, 5.41) is 0. The Morgan fingerprint density at radius 2 is 2.00 bits per heavy atom. The number of rotatable bonds is 6. The summed E-state index contributed by atoms with van der Waals surface area (Å²) in [4.78, 5) is 11.5. The number of hydrogen-bond donors (Lipinski definition) is 0. The van der Waals surface area contributed by atoms with E-state index in [1.54, 1.807) is 0 Å². The third-order valence-corrected chi connectivity index (χ3v) is 4.47. The smallest absolute Gasteiger partial charge is 0.309 e. The van der Waals surface area contributed by atoms with Crippen LogP contribution in [-0.4, -0.2) is 19.2 Å².